The van der Waals surface area contributed by atoms with E-state index < -0.39 is 4.75 Å². The summed E-state index contributed by atoms with van der Waals surface area (Å²) in [5.41, 5.74) is 2.78. The summed E-state index contributed by atoms with van der Waals surface area (Å²) in [5.74, 6) is 1.34. The summed E-state index contributed by atoms with van der Waals surface area (Å²) in [5, 5.41) is 9.72. The number of hydrogen-bond donors (Lipinski definition) is 1. The number of rotatable bonds is 6. The van der Waals surface area contributed by atoms with Crippen LogP contribution >= 0.6 is 25.0 Å². The number of benzene rings is 1. The van der Waals surface area contributed by atoms with E-state index >= 15 is 0 Å². The van der Waals surface area contributed by atoms with E-state index in [0.717, 1.165) is 29.8 Å². The fourth-order valence-electron chi connectivity index (χ4n) is 2.69. The lowest BCUT2D eigenvalue weighted by molar-refractivity contribution is 0.354. The van der Waals surface area contributed by atoms with Crippen molar-refractivity contribution in [3.05, 3.63) is 23.3 Å². The van der Waals surface area contributed by atoms with Gasteiger partial charge < -0.3 is 14.4 Å². The van der Waals surface area contributed by atoms with E-state index in [2.05, 4.69) is 23.7 Å². The van der Waals surface area contributed by atoms with Gasteiger partial charge in [-0.05, 0) is 44.6 Å². The van der Waals surface area contributed by atoms with Gasteiger partial charge in [-0.2, -0.15) is 17.9 Å². The molecule has 1 aliphatic rings. The lowest BCUT2D eigenvalue weighted by Crippen LogP contribution is -2.37. The number of halogens is 1. The standard InChI is InChI=1S/C17H23N3O2S.ClH/c1-20(2)8-6-17(23,11-18)16-13-10-15(22-4)14(21-3)9-12(13)5-7-19-16;/h9-10,23H,5-8H2,1-4H3;1H. The van der Waals surface area contributed by atoms with Gasteiger partial charge >= 0.3 is 0 Å². The largest absolute Gasteiger partial charge is 0.493 e. The number of nitriles is 1. The summed E-state index contributed by atoms with van der Waals surface area (Å²) in [6.07, 6.45) is 1.42. The molecule has 0 aliphatic carbocycles. The normalized spacial score (nSPS) is 15.5. The van der Waals surface area contributed by atoms with Gasteiger partial charge in [-0.3, -0.25) is 4.99 Å². The first-order valence-electron chi connectivity index (χ1n) is 7.53. The molecule has 0 bridgehead atoms. The molecule has 0 radical (unpaired) electrons. The van der Waals surface area contributed by atoms with E-state index in [1.807, 2.05) is 31.1 Å². The van der Waals surface area contributed by atoms with Crippen LogP contribution in [0.25, 0.3) is 0 Å². The van der Waals surface area contributed by atoms with E-state index in [0.29, 0.717) is 24.5 Å². The monoisotopic (exact) mass is 369 g/mol. The minimum atomic E-state index is -0.918. The van der Waals surface area contributed by atoms with Gasteiger partial charge in [0.15, 0.2) is 11.5 Å². The highest BCUT2D eigenvalue weighted by Gasteiger charge is 2.36. The molecule has 0 spiro atoms. The Morgan fingerprint density at radius 1 is 1.29 bits per heavy atom. The summed E-state index contributed by atoms with van der Waals surface area (Å²) in [6.45, 7) is 1.42. The van der Waals surface area contributed by atoms with Crippen molar-refractivity contribution < 1.29 is 9.47 Å². The molecule has 1 aromatic carbocycles. The second-order valence-corrected chi connectivity index (χ2v) is 6.63. The third-order valence-electron chi connectivity index (χ3n) is 4.01. The van der Waals surface area contributed by atoms with Gasteiger partial charge in [-0.1, -0.05) is 0 Å². The predicted molar refractivity (Wildman–Crippen MR) is 102 cm³/mol. The molecule has 1 heterocycles. The Hall–Kier alpha value is -1.42. The Bertz CT molecular complexity index is 658. The van der Waals surface area contributed by atoms with Crippen LogP contribution in [-0.2, 0) is 6.42 Å². The number of fused-ring (bicyclic) bond motifs is 1. The molecule has 0 saturated heterocycles. The molecule has 5 nitrogen and oxygen atoms in total. The van der Waals surface area contributed by atoms with Gasteiger partial charge in [0.2, 0.25) is 0 Å². The lowest BCUT2D eigenvalue weighted by Gasteiger charge is -2.29. The Morgan fingerprint density at radius 3 is 2.46 bits per heavy atom. The van der Waals surface area contributed by atoms with Gasteiger partial charge in [0.05, 0.1) is 26.0 Å². The van der Waals surface area contributed by atoms with E-state index in [-0.39, 0.29) is 12.4 Å². The van der Waals surface area contributed by atoms with Crippen LogP contribution in [0.3, 0.4) is 0 Å². The van der Waals surface area contributed by atoms with Crippen molar-refractivity contribution in [2.45, 2.75) is 17.6 Å². The van der Waals surface area contributed by atoms with E-state index in [4.69, 9.17) is 9.47 Å². The molecule has 1 unspecified atom stereocenters. The molecule has 132 valence electrons. The van der Waals surface area contributed by atoms with E-state index in [9.17, 15) is 5.26 Å². The zero-order chi connectivity index (χ0) is 17.0. The van der Waals surface area contributed by atoms with Crippen molar-refractivity contribution in [1.82, 2.24) is 4.90 Å². The van der Waals surface area contributed by atoms with Crippen molar-refractivity contribution in [2.24, 2.45) is 4.99 Å². The van der Waals surface area contributed by atoms with Crippen LogP contribution in [0.1, 0.15) is 17.5 Å². The molecular weight excluding hydrogens is 346 g/mol. The lowest BCUT2D eigenvalue weighted by atomic mass is 9.87. The maximum absolute atomic E-state index is 9.72. The van der Waals surface area contributed by atoms with Crippen LogP contribution in [0.5, 0.6) is 11.5 Å². The van der Waals surface area contributed by atoms with Crippen molar-refractivity contribution >= 4 is 30.7 Å². The number of aliphatic imine (C=N–C) groups is 1. The third-order valence-corrected chi connectivity index (χ3v) is 4.55. The second kappa shape index (κ2) is 8.61. The molecular formula is C17H24ClN3O2S. The molecule has 1 atom stereocenters. The summed E-state index contributed by atoms with van der Waals surface area (Å²) in [4.78, 5) is 6.67. The van der Waals surface area contributed by atoms with E-state index in [1.165, 1.54) is 0 Å². The smallest absolute Gasteiger partial charge is 0.161 e. The van der Waals surface area contributed by atoms with Crippen molar-refractivity contribution in [1.29, 1.82) is 5.26 Å². The van der Waals surface area contributed by atoms with Crippen molar-refractivity contribution in [3.63, 3.8) is 0 Å². The Kier molecular flexibility index (Phi) is 7.40. The Morgan fingerprint density at radius 2 is 1.92 bits per heavy atom. The van der Waals surface area contributed by atoms with Gasteiger partial charge in [0, 0.05) is 18.7 Å². The molecule has 7 heteroatoms. The van der Waals surface area contributed by atoms with Crippen LogP contribution in [0.4, 0.5) is 0 Å². The summed E-state index contributed by atoms with van der Waals surface area (Å²) in [7, 11) is 7.19. The number of ether oxygens (including phenoxy) is 2. The van der Waals surface area contributed by atoms with Crippen LogP contribution in [0, 0.1) is 11.3 Å². The average molecular weight is 370 g/mol. The number of nitrogens with zero attached hydrogens (tertiary/aromatic N) is 3. The molecule has 2 rings (SSSR count). The van der Waals surface area contributed by atoms with Crippen LogP contribution in [0.2, 0.25) is 0 Å². The second-order valence-electron chi connectivity index (χ2n) is 5.87. The van der Waals surface area contributed by atoms with Crippen molar-refractivity contribution in [2.75, 3.05) is 41.4 Å². The number of thiol groups is 1. The predicted octanol–water partition coefficient (Wildman–Crippen LogP) is 2.61. The Labute approximate surface area is 155 Å². The third kappa shape index (κ3) is 4.15. The van der Waals surface area contributed by atoms with Crippen molar-refractivity contribution in [3.8, 4) is 17.6 Å². The Balaban J connectivity index is 0.00000288. The fraction of sp³-hybridized carbons (Fsp3) is 0.529. The van der Waals surface area contributed by atoms with Crippen LogP contribution < -0.4 is 9.47 Å². The maximum Gasteiger partial charge on any atom is 0.161 e. The number of methoxy groups -OCH3 is 2. The summed E-state index contributed by atoms with van der Waals surface area (Å²) < 4.78 is 9.85. The highest BCUT2D eigenvalue weighted by molar-refractivity contribution is 7.83. The molecule has 0 aromatic heterocycles. The van der Waals surface area contributed by atoms with Gasteiger partial charge in [0.25, 0.3) is 0 Å². The zero-order valence-corrected chi connectivity index (χ0v) is 16.2. The molecule has 1 aliphatic heterocycles. The summed E-state index contributed by atoms with van der Waals surface area (Å²) >= 11 is 4.68. The van der Waals surface area contributed by atoms with E-state index in [1.54, 1.807) is 14.2 Å². The van der Waals surface area contributed by atoms with Gasteiger partial charge in [0.1, 0.15) is 4.75 Å². The molecule has 0 N–H and O–H groups in total. The fourth-order valence-corrected chi connectivity index (χ4v) is 2.98. The quantitative estimate of drug-likeness (QED) is 0.783. The molecule has 24 heavy (non-hydrogen) atoms. The average Bonchev–Trinajstić information content (AvgIpc) is 2.57. The first-order valence-corrected chi connectivity index (χ1v) is 7.98. The van der Waals surface area contributed by atoms with Gasteiger partial charge in [-0.15, -0.1) is 12.4 Å². The highest BCUT2D eigenvalue weighted by Crippen LogP contribution is 2.36. The van der Waals surface area contributed by atoms with Gasteiger partial charge in [-0.25, -0.2) is 0 Å². The molecule has 0 saturated carbocycles. The maximum atomic E-state index is 9.72. The summed E-state index contributed by atoms with van der Waals surface area (Å²) in [6, 6.07) is 6.22. The van der Waals surface area contributed by atoms with Crippen LogP contribution in [-0.4, -0.2) is 56.8 Å². The molecule has 0 amide bonds. The first-order chi connectivity index (χ1) is 10.9. The molecule has 1 aromatic rings. The SMILES string of the molecule is COc1cc2c(cc1OC)C(C(S)(C#N)CCN(C)C)=NCC2.Cl. The first kappa shape index (κ1) is 20.6. The highest BCUT2D eigenvalue weighted by atomic mass is 35.5. The number of hydrogen-bond acceptors (Lipinski definition) is 6. The zero-order valence-electron chi connectivity index (χ0n) is 14.5. The van der Waals surface area contributed by atoms with Crippen LogP contribution in [0.15, 0.2) is 17.1 Å². The minimum absolute atomic E-state index is 0. The molecule has 0 fully saturated rings. The topological polar surface area (TPSA) is 57.9 Å². The minimum Gasteiger partial charge on any atom is -0.493 e.